The average molecular weight is 241 g/mol. The van der Waals surface area contributed by atoms with Gasteiger partial charge in [0.1, 0.15) is 0 Å². The Balaban J connectivity index is 2.20. The smallest absolute Gasteiger partial charge is 0.202 e. The quantitative estimate of drug-likeness (QED) is 0.667. The molecule has 98 valence electrons. The van der Waals surface area contributed by atoms with Crippen LogP contribution in [0.2, 0.25) is 0 Å². The lowest BCUT2D eigenvalue weighted by molar-refractivity contribution is 0.0758. The number of ether oxygens (including phenoxy) is 2. The van der Waals surface area contributed by atoms with E-state index in [-0.39, 0.29) is 0 Å². The first kappa shape index (κ1) is 14.0. The third-order valence-corrected chi connectivity index (χ3v) is 2.24. The van der Waals surface area contributed by atoms with E-state index in [1.54, 1.807) is 7.11 Å². The van der Waals surface area contributed by atoms with E-state index >= 15 is 0 Å². The fourth-order valence-corrected chi connectivity index (χ4v) is 1.50. The number of hydrogen-bond acceptors (Lipinski definition) is 4. The second-order valence-electron chi connectivity index (χ2n) is 4.33. The van der Waals surface area contributed by atoms with Gasteiger partial charge in [-0.15, -0.1) is 0 Å². The zero-order valence-corrected chi connectivity index (χ0v) is 11.0. The van der Waals surface area contributed by atoms with E-state index in [1.165, 1.54) is 0 Å². The van der Waals surface area contributed by atoms with Crippen molar-refractivity contribution in [2.24, 2.45) is 5.92 Å². The summed E-state index contributed by atoms with van der Waals surface area (Å²) in [6.07, 6.45) is 3.81. The number of imidazole rings is 1. The van der Waals surface area contributed by atoms with Gasteiger partial charge in [0.2, 0.25) is 5.95 Å². The van der Waals surface area contributed by atoms with Crippen molar-refractivity contribution in [1.29, 1.82) is 0 Å². The summed E-state index contributed by atoms with van der Waals surface area (Å²) in [6, 6.07) is 0. The average Bonchev–Trinajstić information content (AvgIpc) is 2.70. The summed E-state index contributed by atoms with van der Waals surface area (Å²) in [4.78, 5) is 4.27. The Morgan fingerprint density at radius 2 is 2.18 bits per heavy atom. The van der Waals surface area contributed by atoms with Crippen molar-refractivity contribution in [2.75, 3.05) is 38.8 Å². The van der Waals surface area contributed by atoms with Gasteiger partial charge in [0.15, 0.2) is 0 Å². The molecule has 0 aliphatic rings. The highest BCUT2D eigenvalue weighted by Crippen LogP contribution is 2.07. The monoisotopic (exact) mass is 241 g/mol. The predicted molar refractivity (Wildman–Crippen MR) is 68.2 cm³/mol. The van der Waals surface area contributed by atoms with Crippen LogP contribution in [0.1, 0.15) is 13.8 Å². The van der Waals surface area contributed by atoms with E-state index in [4.69, 9.17) is 9.47 Å². The van der Waals surface area contributed by atoms with Gasteiger partial charge in [0.05, 0.1) is 19.8 Å². The van der Waals surface area contributed by atoms with Crippen LogP contribution in [0.5, 0.6) is 0 Å². The number of rotatable bonds is 9. The Morgan fingerprint density at radius 1 is 1.35 bits per heavy atom. The molecule has 0 fully saturated rings. The van der Waals surface area contributed by atoms with Gasteiger partial charge >= 0.3 is 0 Å². The van der Waals surface area contributed by atoms with Gasteiger partial charge in [-0.3, -0.25) is 0 Å². The van der Waals surface area contributed by atoms with Crippen LogP contribution in [-0.4, -0.2) is 43.0 Å². The van der Waals surface area contributed by atoms with E-state index in [2.05, 4.69) is 28.7 Å². The van der Waals surface area contributed by atoms with Crippen molar-refractivity contribution < 1.29 is 9.47 Å². The highest BCUT2D eigenvalue weighted by atomic mass is 16.5. The Labute approximate surface area is 103 Å². The summed E-state index contributed by atoms with van der Waals surface area (Å²) in [6.45, 7) is 8.07. The first-order chi connectivity index (χ1) is 8.24. The second-order valence-corrected chi connectivity index (χ2v) is 4.33. The maximum absolute atomic E-state index is 5.37. The summed E-state index contributed by atoms with van der Waals surface area (Å²) in [5.74, 6) is 1.52. The van der Waals surface area contributed by atoms with Gasteiger partial charge in [-0.05, 0) is 5.92 Å². The molecule has 1 aromatic heterocycles. The van der Waals surface area contributed by atoms with Crippen LogP contribution in [0.15, 0.2) is 12.4 Å². The molecule has 0 bridgehead atoms. The molecule has 5 heteroatoms. The number of aromatic nitrogens is 2. The number of nitrogens with one attached hydrogen (secondary N) is 1. The summed E-state index contributed by atoms with van der Waals surface area (Å²) >= 11 is 0. The Kier molecular flexibility index (Phi) is 6.65. The summed E-state index contributed by atoms with van der Waals surface area (Å²) in [7, 11) is 1.67. The molecule has 0 radical (unpaired) electrons. The molecule has 5 nitrogen and oxygen atoms in total. The normalized spacial score (nSPS) is 11.1. The lowest BCUT2D eigenvalue weighted by atomic mass is 10.2. The molecule has 0 aliphatic heterocycles. The molecule has 0 saturated heterocycles. The van der Waals surface area contributed by atoms with Gasteiger partial charge < -0.3 is 19.4 Å². The first-order valence-electron chi connectivity index (χ1n) is 6.05. The predicted octanol–water partition coefficient (Wildman–Crippen LogP) is 1.61. The highest BCUT2D eigenvalue weighted by molar-refractivity contribution is 5.25. The van der Waals surface area contributed by atoms with Gasteiger partial charge in [-0.2, -0.15) is 0 Å². The third-order valence-electron chi connectivity index (χ3n) is 2.24. The second kappa shape index (κ2) is 8.08. The highest BCUT2D eigenvalue weighted by Gasteiger charge is 2.03. The number of hydrogen-bond donors (Lipinski definition) is 1. The topological polar surface area (TPSA) is 48.3 Å². The van der Waals surface area contributed by atoms with Crippen LogP contribution in [0.3, 0.4) is 0 Å². The molecular formula is C12H23N3O2. The zero-order chi connectivity index (χ0) is 12.5. The van der Waals surface area contributed by atoms with Crippen molar-refractivity contribution in [1.82, 2.24) is 9.55 Å². The molecule has 0 saturated carbocycles. The number of anilines is 1. The van der Waals surface area contributed by atoms with Crippen LogP contribution in [0.4, 0.5) is 5.95 Å². The fraction of sp³-hybridized carbons (Fsp3) is 0.750. The van der Waals surface area contributed by atoms with Crippen molar-refractivity contribution in [2.45, 2.75) is 20.4 Å². The molecule has 0 spiro atoms. The minimum absolute atomic E-state index is 0.614. The van der Waals surface area contributed by atoms with Crippen LogP contribution < -0.4 is 5.32 Å². The van der Waals surface area contributed by atoms with E-state index in [0.29, 0.717) is 25.7 Å². The summed E-state index contributed by atoms with van der Waals surface area (Å²) < 4.78 is 12.4. The van der Waals surface area contributed by atoms with Crippen molar-refractivity contribution >= 4 is 5.95 Å². The molecule has 1 aromatic rings. The van der Waals surface area contributed by atoms with Crippen LogP contribution >= 0.6 is 0 Å². The van der Waals surface area contributed by atoms with Gasteiger partial charge in [-0.1, -0.05) is 13.8 Å². The molecular weight excluding hydrogens is 218 g/mol. The standard InChI is InChI=1S/C12H23N3O2/c1-11(2)10-15-6-4-13-12(15)14-5-7-17-9-8-16-3/h4,6,11H,5,7-10H2,1-3H3,(H,13,14). The zero-order valence-electron chi connectivity index (χ0n) is 11.0. The third kappa shape index (κ3) is 5.70. The van der Waals surface area contributed by atoms with E-state index < -0.39 is 0 Å². The number of nitrogens with zero attached hydrogens (tertiary/aromatic N) is 2. The lowest BCUT2D eigenvalue weighted by Crippen LogP contribution is -2.15. The Bertz CT molecular complexity index is 300. The van der Waals surface area contributed by atoms with Gasteiger partial charge in [0.25, 0.3) is 0 Å². The lowest BCUT2D eigenvalue weighted by Gasteiger charge is -2.11. The minimum Gasteiger partial charge on any atom is -0.382 e. The minimum atomic E-state index is 0.614. The van der Waals surface area contributed by atoms with E-state index in [0.717, 1.165) is 19.0 Å². The molecule has 17 heavy (non-hydrogen) atoms. The molecule has 1 heterocycles. The number of methoxy groups -OCH3 is 1. The van der Waals surface area contributed by atoms with Gasteiger partial charge in [-0.25, -0.2) is 4.98 Å². The summed E-state index contributed by atoms with van der Waals surface area (Å²) in [5.41, 5.74) is 0. The SMILES string of the molecule is COCCOCCNc1nccn1CC(C)C. The molecule has 1 N–H and O–H groups in total. The fourth-order valence-electron chi connectivity index (χ4n) is 1.50. The van der Waals surface area contributed by atoms with Crippen LogP contribution in [0.25, 0.3) is 0 Å². The maximum atomic E-state index is 5.37. The first-order valence-corrected chi connectivity index (χ1v) is 6.05. The van der Waals surface area contributed by atoms with Crippen molar-refractivity contribution in [3.63, 3.8) is 0 Å². The molecule has 0 aromatic carbocycles. The molecule has 0 amide bonds. The Morgan fingerprint density at radius 3 is 2.88 bits per heavy atom. The van der Waals surface area contributed by atoms with Crippen LogP contribution in [-0.2, 0) is 16.0 Å². The maximum Gasteiger partial charge on any atom is 0.202 e. The van der Waals surface area contributed by atoms with Crippen molar-refractivity contribution in [3.8, 4) is 0 Å². The van der Waals surface area contributed by atoms with Crippen molar-refractivity contribution in [3.05, 3.63) is 12.4 Å². The van der Waals surface area contributed by atoms with E-state index in [9.17, 15) is 0 Å². The molecule has 0 aliphatic carbocycles. The largest absolute Gasteiger partial charge is 0.382 e. The van der Waals surface area contributed by atoms with Gasteiger partial charge in [0, 0.05) is 32.6 Å². The summed E-state index contributed by atoms with van der Waals surface area (Å²) in [5, 5.41) is 3.26. The van der Waals surface area contributed by atoms with Crippen LogP contribution in [0, 0.1) is 5.92 Å². The van der Waals surface area contributed by atoms with E-state index in [1.807, 2.05) is 12.4 Å². The Hall–Kier alpha value is -1.07. The molecule has 0 unspecified atom stereocenters. The molecule has 0 atom stereocenters. The molecule has 1 rings (SSSR count).